The molecule has 0 radical (unpaired) electrons. The third-order valence-corrected chi connectivity index (χ3v) is 4.15. The normalized spacial score (nSPS) is 11.5. The van der Waals surface area contributed by atoms with Crippen LogP contribution in [0, 0.1) is 19.7 Å². The van der Waals surface area contributed by atoms with E-state index in [1.165, 1.54) is 13.0 Å². The summed E-state index contributed by atoms with van der Waals surface area (Å²) < 4.78 is 39.5. The summed E-state index contributed by atoms with van der Waals surface area (Å²) >= 11 is 0. The number of benzene rings is 1. The van der Waals surface area contributed by atoms with Gasteiger partial charge in [-0.25, -0.2) is 12.8 Å². The highest BCUT2D eigenvalue weighted by Crippen LogP contribution is 2.23. The highest BCUT2D eigenvalue weighted by Gasteiger charge is 2.20. The summed E-state index contributed by atoms with van der Waals surface area (Å²) in [6, 6.07) is 3.43. The Bertz CT molecular complexity index is 724. The molecule has 1 heterocycles. The minimum absolute atomic E-state index is 0.0195. The summed E-state index contributed by atoms with van der Waals surface area (Å²) in [6.45, 7) is 3.18. The van der Waals surface area contributed by atoms with E-state index in [2.05, 4.69) is 14.9 Å². The molecule has 0 fully saturated rings. The zero-order valence-corrected chi connectivity index (χ0v) is 11.2. The number of nitrogen functional groups attached to an aromatic ring is 1. The van der Waals surface area contributed by atoms with Gasteiger partial charge in [0.15, 0.2) is 5.82 Å². The van der Waals surface area contributed by atoms with Crippen LogP contribution in [-0.4, -0.2) is 18.6 Å². The van der Waals surface area contributed by atoms with Gasteiger partial charge in [-0.15, -0.1) is 0 Å². The topological polar surface area (TPSA) is 101 Å². The molecule has 8 heteroatoms. The van der Waals surface area contributed by atoms with Gasteiger partial charge >= 0.3 is 0 Å². The zero-order chi connectivity index (χ0) is 14.2. The van der Waals surface area contributed by atoms with Crippen LogP contribution in [0.1, 0.15) is 11.3 Å². The van der Waals surface area contributed by atoms with Crippen LogP contribution in [0.5, 0.6) is 0 Å². The average Bonchev–Trinajstić information content (AvgIpc) is 2.60. The monoisotopic (exact) mass is 284 g/mol. The van der Waals surface area contributed by atoms with E-state index in [1.54, 1.807) is 6.92 Å². The Morgan fingerprint density at radius 1 is 1.37 bits per heavy atom. The largest absolute Gasteiger partial charge is 0.394 e. The molecule has 0 spiro atoms. The molecule has 6 nitrogen and oxygen atoms in total. The Morgan fingerprint density at radius 3 is 2.58 bits per heavy atom. The predicted octanol–water partition coefficient (Wildman–Crippen LogP) is 1.55. The Balaban J connectivity index is 2.41. The molecule has 0 aliphatic heterocycles. The molecular formula is C11H13FN4O2S. The molecule has 1 aromatic heterocycles. The molecule has 102 valence electrons. The molecule has 0 saturated heterocycles. The third kappa shape index (κ3) is 2.53. The van der Waals surface area contributed by atoms with E-state index in [0.717, 1.165) is 12.1 Å². The third-order valence-electron chi connectivity index (χ3n) is 2.65. The molecule has 0 unspecified atom stereocenters. The van der Waals surface area contributed by atoms with Gasteiger partial charge in [-0.05, 0) is 37.6 Å². The number of nitrogens with two attached hydrogens (primary N) is 1. The van der Waals surface area contributed by atoms with Gasteiger partial charge in [0.25, 0.3) is 10.0 Å². The van der Waals surface area contributed by atoms with E-state index in [9.17, 15) is 12.8 Å². The number of aromatic amines is 1. The van der Waals surface area contributed by atoms with Crippen molar-refractivity contribution < 1.29 is 12.8 Å². The fraction of sp³-hybridized carbons (Fsp3) is 0.182. The first-order valence-electron chi connectivity index (χ1n) is 5.40. The molecule has 19 heavy (non-hydrogen) atoms. The second-order valence-corrected chi connectivity index (χ2v) is 5.78. The number of anilines is 2. The fourth-order valence-electron chi connectivity index (χ4n) is 1.61. The van der Waals surface area contributed by atoms with E-state index in [4.69, 9.17) is 5.73 Å². The van der Waals surface area contributed by atoms with Crippen molar-refractivity contribution in [3.63, 3.8) is 0 Å². The second kappa shape index (κ2) is 4.54. The van der Waals surface area contributed by atoms with E-state index in [1.807, 2.05) is 0 Å². The number of hydrogen-bond donors (Lipinski definition) is 3. The number of nitrogens with zero attached hydrogens (tertiary/aromatic N) is 1. The van der Waals surface area contributed by atoms with E-state index < -0.39 is 15.8 Å². The van der Waals surface area contributed by atoms with Crippen molar-refractivity contribution >= 4 is 21.5 Å². The lowest BCUT2D eigenvalue weighted by Gasteiger charge is -2.09. The van der Waals surface area contributed by atoms with Crippen molar-refractivity contribution in [2.24, 2.45) is 0 Å². The minimum Gasteiger partial charge on any atom is -0.394 e. The Kier molecular flexibility index (Phi) is 3.19. The molecule has 2 aromatic rings. The van der Waals surface area contributed by atoms with Crippen molar-refractivity contribution in [3.8, 4) is 0 Å². The van der Waals surface area contributed by atoms with Gasteiger partial charge in [0.05, 0.1) is 16.3 Å². The summed E-state index contributed by atoms with van der Waals surface area (Å²) in [4.78, 5) is -0.0195. The number of rotatable bonds is 3. The quantitative estimate of drug-likeness (QED) is 0.796. The molecule has 1 aromatic carbocycles. The molecule has 0 amide bonds. The van der Waals surface area contributed by atoms with Crippen LogP contribution in [0.25, 0.3) is 0 Å². The van der Waals surface area contributed by atoms with Crippen LogP contribution in [0.15, 0.2) is 23.1 Å². The van der Waals surface area contributed by atoms with Crippen molar-refractivity contribution in [1.29, 1.82) is 0 Å². The van der Waals surface area contributed by atoms with E-state index in [-0.39, 0.29) is 16.4 Å². The number of H-pyrrole nitrogens is 1. The Morgan fingerprint density at radius 2 is 2.05 bits per heavy atom. The zero-order valence-electron chi connectivity index (χ0n) is 10.4. The first-order valence-corrected chi connectivity index (χ1v) is 6.89. The summed E-state index contributed by atoms with van der Waals surface area (Å²) in [5.41, 5.74) is 6.76. The highest BCUT2D eigenvalue weighted by atomic mass is 32.2. The maximum atomic E-state index is 13.0. The van der Waals surface area contributed by atoms with E-state index >= 15 is 0 Å². The number of halogens is 1. The SMILES string of the molecule is Cc1cc(F)ccc1S(=O)(=O)Nc1n[nH]c(C)c1N. The lowest BCUT2D eigenvalue weighted by Crippen LogP contribution is -2.15. The number of aryl methyl sites for hydroxylation is 2. The van der Waals surface area contributed by atoms with Gasteiger partial charge in [-0.1, -0.05) is 0 Å². The molecule has 0 atom stereocenters. The molecule has 4 N–H and O–H groups in total. The number of nitrogens with one attached hydrogen (secondary N) is 2. The maximum absolute atomic E-state index is 13.0. The molecule has 0 bridgehead atoms. The van der Waals surface area contributed by atoms with Crippen LogP contribution in [0.3, 0.4) is 0 Å². The standard InChI is InChI=1S/C11H13FN4O2S/c1-6-5-8(12)3-4-9(6)19(17,18)16-11-10(13)7(2)14-15-11/h3-5H,13H2,1-2H3,(H2,14,15,16). The average molecular weight is 284 g/mol. The molecule has 0 aliphatic rings. The van der Waals surface area contributed by atoms with Crippen LogP contribution >= 0.6 is 0 Å². The second-order valence-electron chi connectivity index (χ2n) is 4.13. The lowest BCUT2D eigenvalue weighted by molar-refractivity contribution is 0.598. The van der Waals surface area contributed by atoms with Gasteiger partial charge < -0.3 is 5.73 Å². The summed E-state index contributed by atoms with van der Waals surface area (Å²) in [6.07, 6.45) is 0. The van der Waals surface area contributed by atoms with E-state index in [0.29, 0.717) is 11.3 Å². The molecule has 0 saturated carbocycles. The summed E-state index contributed by atoms with van der Waals surface area (Å²) in [5, 5.41) is 6.33. The van der Waals surface area contributed by atoms with Crippen LogP contribution in [0.4, 0.5) is 15.9 Å². The number of sulfonamides is 1. The van der Waals surface area contributed by atoms with Crippen molar-refractivity contribution in [2.75, 3.05) is 10.5 Å². The van der Waals surface area contributed by atoms with Crippen LogP contribution in [0.2, 0.25) is 0 Å². The number of hydrogen-bond acceptors (Lipinski definition) is 4. The first-order chi connectivity index (χ1) is 8.81. The Hall–Kier alpha value is -2.09. The number of aromatic nitrogens is 2. The minimum atomic E-state index is -3.85. The summed E-state index contributed by atoms with van der Waals surface area (Å²) in [5.74, 6) is -0.465. The first kappa shape index (κ1) is 13.3. The summed E-state index contributed by atoms with van der Waals surface area (Å²) in [7, 11) is -3.85. The van der Waals surface area contributed by atoms with Crippen LogP contribution < -0.4 is 10.5 Å². The van der Waals surface area contributed by atoms with Crippen molar-refractivity contribution in [3.05, 3.63) is 35.3 Å². The maximum Gasteiger partial charge on any atom is 0.263 e. The Labute approximate surface area is 109 Å². The highest BCUT2D eigenvalue weighted by molar-refractivity contribution is 7.92. The van der Waals surface area contributed by atoms with Crippen molar-refractivity contribution in [1.82, 2.24) is 10.2 Å². The van der Waals surface area contributed by atoms with Gasteiger partial charge in [-0.2, -0.15) is 5.10 Å². The molecular weight excluding hydrogens is 271 g/mol. The molecule has 0 aliphatic carbocycles. The fourth-order valence-corrected chi connectivity index (χ4v) is 2.86. The lowest BCUT2D eigenvalue weighted by atomic mass is 10.2. The van der Waals surface area contributed by atoms with Crippen LogP contribution in [-0.2, 0) is 10.0 Å². The van der Waals surface area contributed by atoms with Gasteiger partial charge in [-0.3, -0.25) is 9.82 Å². The molecule has 2 rings (SSSR count). The predicted molar refractivity (Wildman–Crippen MR) is 69.7 cm³/mol. The van der Waals surface area contributed by atoms with Gasteiger partial charge in [0, 0.05) is 0 Å². The van der Waals surface area contributed by atoms with Gasteiger partial charge in [0.1, 0.15) is 5.82 Å². The smallest absolute Gasteiger partial charge is 0.263 e. The van der Waals surface area contributed by atoms with Gasteiger partial charge in [0.2, 0.25) is 0 Å². The van der Waals surface area contributed by atoms with Crippen molar-refractivity contribution in [2.45, 2.75) is 18.7 Å².